The van der Waals surface area contributed by atoms with Gasteiger partial charge in [-0.1, -0.05) is 36.4 Å². The normalized spacial score (nSPS) is 15.8. The van der Waals surface area contributed by atoms with E-state index in [1.54, 1.807) is 6.20 Å². The molecule has 1 aliphatic heterocycles. The van der Waals surface area contributed by atoms with Crippen LogP contribution in [0.5, 0.6) is 5.75 Å². The highest BCUT2D eigenvalue weighted by molar-refractivity contribution is 6.07. The van der Waals surface area contributed by atoms with E-state index in [2.05, 4.69) is 10.9 Å². The van der Waals surface area contributed by atoms with Crippen LogP contribution in [0.4, 0.5) is 0 Å². The van der Waals surface area contributed by atoms with Crippen LogP contribution in [0.1, 0.15) is 15.9 Å². The Balaban J connectivity index is 1.42. The third-order valence-electron chi connectivity index (χ3n) is 4.69. The number of carbonyl (C=O) groups excluding carboxylic acids is 2. The first kappa shape index (κ1) is 16.2. The molecule has 132 valence electrons. The Labute approximate surface area is 150 Å². The van der Waals surface area contributed by atoms with Gasteiger partial charge in [0.2, 0.25) is 5.91 Å². The fourth-order valence-electron chi connectivity index (χ4n) is 3.31. The molecule has 1 aliphatic rings. The zero-order chi connectivity index (χ0) is 18.1. The van der Waals surface area contributed by atoms with Gasteiger partial charge in [0.25, 0.3) is 5.91 Å². The Hall–Kier alpha value is -3.28. The molecule has 0 saturated heterocycles. The largest absolute Gasteiger partial charge is 0.492 e. The van der Waals surface area contributed by atoms with Crippen LogP contribution in [-0.2, 0) is 18.3 Å². The van der Waals surface area contributed by atoms with Crippen molar-refractivity contribution < 1.29 is 14.3 Å². The van der Waals surface area contributed by atoms with Crippen molar-refractivity contribution in [3.8, 4) is 5.75 Å². The molecule has 3 aromatic rings. The first-order valence-corrected chi connectivity index (χ1v) is 8.48. The Bertz CT molecular complexity index is 993. The molecule has 1 unspecified atom stereocenters. The number of hydrogen-bond acceptors (Lipinski definition) is 3. The number of rotatable bonds is 2. The molecule has 2 aromatic carbocycles. The summed E-state index contributed by atoms with van der Waals surface area (Å²) in [6, 6.07) is 15.3. The molecule has 2 N–H and O–H groups in total. The lowest BCUT2D eigenvalue weighted by Gasteiger charge is -2.24. The topological polar surface area (TPSA) is 72.4 Å². The number of amides is 2. The van der Waals surface area contributed by atoms with E-state index < -0.39 is 0 Å². The van der Waals surface area contributed by atoms with Crippen LogP contribution in [0, 0.1) is 5.92 Å². The Morgan fingerprint density at radius 1 is 1.08 bits per heavy atom. The number of nitrogens with one attached hydrogen (secondary N) is 2. The molecule has 2 amide bonds. The van der Waals surface area contributed by atoms with Crippen molar-refractivity contribution in [1.29, 1.82) is 0 Å². The molecular weight excluding hydrogens is 330 g/mol. The van der Waals surface area contributed by atoms with Gasteiger partial charge < -0.3 is 9.30 Å². The van der Waals surface area contributed by atoms with E-state index in [1.807, 2.05) is 60.1 Å². The van der Waals surface area contributed by atoms with Gasteiger partial charge in [0, 0.05) is 24.1 Å². The van der Waals surface area contributed by atoms with Gasteiger partial charge in [-0.05, 0) is 24.1 Å². The first-order chi connectivity index (χ1) is 12.6. The number of aromatic nitrogens is 1. The number of hydrogen-bond donors (Lipinski definition) is 2. The van der Waals surface area contributed by atoms with Crippen LogP contribution in [0.3, 0.4) is 0 Å². The lowest BCUT2D eigenvalue weighted by molar-refractivity contribution is -0.127. The molecule has 0 spiro atoms. The fraction of sp³-hybridized carbons (Fsp3) is 0.200. The zero-order valence-corrected chi connectivity index (χ0v) is 14.4. The lowest BCUT2D eigenvalue weighted by Crippen LogP contribution is -2.47. The minimum atomic E-state index is -0.340. The maximum absolute atomic E-state index is 12.5. The molecule has 26 heavy (non-hydrogen) atoms. The van der Waals surface area contributed by atoms with Gasteiger partial charge in [0.15, 0.2) is 0 Å². The molecule has 4 rings (SSSR count). The second kappa shape index (κ2) is 6.55. The molecule has 0 radical (unpaired) electrons. The van der Waals surface area contributed by atoms with Crippen molar-refractivity contribution in [3.63, 3.8) is 0 Å². The van der Waals surface area contributed by atoms with Crippen LogP contribution >= 0.6 is 0 Å². The molecule has 6 nitrogen and oxygen atoms in total. The standard InChI is InChI=1S/C20H19N3O3/c1-23-11-16(15-7-3-4-8-17(15)23)20(25)22-21-19(24)14-10-13-6-2-5-9-18(13)26-12-14/h2-9,11,14H,10,12H2,1H3,(H,21,24)(H,22,25). The molecule has 6 heteroatoms. The van der Waals surface area contributed by atoms with E-state index in [0.29, 0.717) is 18.6 Å². The van der Waals surface area contributed by atoms with Gasteiger partial charge in [-0.15, -0.1) is 0 Å². The van der Waals surface area contributed by atoms with E-state index in [0.717, 1.165) is 22.2 Å². The number of para-hydroxylation sites is 2. The average Bonchev–Trinajstić information content (AvgIpc) is 3.02. The van der Waals surface area contributed by atoms with Crippen molar-refractivity contribution in [2.24, 2.45) is 13.0 Å². The summed E-state index contributed by atoms with van der Waals surface area (Å²) in [4.78, 5) is 24.9. The summed E-state index contributed by atoms with van der Waals surface area (Å²) < 4.78 is 7.52. The number of aryl methyl sites for hydroxylation is 1. The van der Waals surface area contributed by atoms with Crippen molar-refractivity contribution >= 4 is 22.7 Å². The third-order valence-corrected chi connectivity index (χ3v) is 4.69. The van der Waals surface area contributed by atoms with Crippen LogP contribution in [-0.4, -0.2) is 23.0 Å². The number of hydrazine groups is 1. The van der Waals surface area contributed by atoms with Crippen LogP contribution in [0.2, 0.25) is 0 Å². The number of fused-ring (bicyclic) bond motifs is 2. The Morgan fingerprint density at radius 2 is 1.85 bits per heavy atom. The SMILES string of the molecule is Cn1cc(C(=O)NNC(=O)C2COc3ccccc3C2)c2ccccc21. The van der Waals surface area contributed by atoms with Crippen LogP contribution in [0.15, 0.2) is 54.7 Å². The molecule has 1 atom stereocenters. The highest BCUT2D eigenvalue weighted by Gasteiger charge is 2.26. The van der Waals surface area contributed by atoms with Gasteiger partial charge in [0.05, 0.1) is 11.5 Å². The van der Waals surface area contributed by atoms with Gasteiger partial charge >= 0.3 is 0 Å². The predicted octanol–water partition coefficient (Wildman–Crippen LogP) is 2.19. The van der Waals surface area contributed by atoms with E-state index >= 15 is 0 Å². The minimum Gasteiger partial charge on any atom is -0.492 e. The van der Waals surface area contributed by atoms with Crippen molar-refractivity contribution in [1.82, 2.24) is 15.4 Å². The summed E-state index contributed by atoms with van der Waals surface area (Å²) in [7, 11) is 1.88. The first-order valence-electron chi connectivity index (χ1n) is 8.48. The van der Waals surface area contributed by atoms with Crippen molar-refractivity contribution in [2.45, 2.75) is 6.42 Å². The molecule has 0 aliphatic carbocycles. The number of benzene rings is 2. The average molecular weight is 349 g/mol. The van der Waals surface area contributed by atoms with Gasteiger partial charge in [-0.3, -0.25) is 20.4 Å². The quantitative estimate of drug-likeness (QED) is 0.697. The summed E-state index contributed by atoms with van der Waals surface area (Å²) in [6.07, 6.45) is 2.35. The molecule has 2 heterocycles. The summed E-state index contributed by atoms with van der Waals surface area (Å²) in [6.45, 7) is 0.299. The van der Waals surface area contributed by atoms with Crippen molar-refractivity contribution in [2.75, 3.05) is 6.61 Å². The molecule has 0 saturated carbocycles. The van der Waals surface area contributed by atoms with Gasteiger partial charge in [-0.2, -0.15) is 0 Å². The summed E-state index contributed by atoms with van der Waals surface area (Å²) >= 11 is 0. The minimum absolute atomic E-state index is 0.256. The highest BCUT2D eigenvalue weighted by Crippen LogP contribution is 2.26. The van der Waals surface area contributed by atoms with Crippen LogP contribution in [0.25, 0.3) is 10.9 Å². The van der Waals surface area contributed by atoms with E-state index in [9.17, 15) is 9.59 Å². The summed E-state index contributed by atoms with van der Waals surface area (Å²) in [5, 5.41) is 0.844. The maximum Gasteiger partial charge on any atom is 0.271 e. The molecule has 0 bridgehead atoms. The Morgan fingerprint density at radius 3 is 2.73 bits per heavy atom. The number of carbonyl (C=O) groups is 2. The summed E-state index contributed by atoms with van der Waals surface area (Å²) in [5.41, 5.74) is 7.53. The summed E-state index contributed by atoms with van der Waals surface area (Å²) in [5.74, 6) is -0.116. The van der Waals surface area contributed by atoms with Gasteiger partial charge in [0.1, 0.15) is 12.4 Å². The fourth-order valence-corrected chi connectivity index (χ4v) is 3.31. The van der Waals surface area contributed by atoms with Crippen LogP contribution < -0.4 is 15.6 Å². The number of ether oxygens (including phenoxy) is 1. The van der Waals surface area contributed by atoms with Gasteiger partial charge in [-0.25, -0.2) is 0 Å². The third kappa shape index (κ3) is 2.90. The monoisotopic (exact) mass is 349 g/mol. The smallest absolute Gasteiger partial charge is 0.271 e. The lowest BCUT2D eigenvalue weighted by atomic mass is 9.96. The predicted molar refractivity (Wildman–Crippen MR) is 97.7 cm³/mol. The van der Waals surface area contributed by atoms with E-state index in [4.69, 9.17) is 4.74 Å². The highest BCUT2D eigenvalue weighted by atomic mass is 16.5. The zero-order valence-electron chi connectivity index (χ0n) is 14.4. The van der Waals surface area contributed by atoms with E-state index in [1.165, 1.54) is 0 Å². The van der Waals surface area contributed by atoms with Crippen molar-refractivity contribution in [3.05, 3.63) is 65.9 Å². The maximum atomic E-state index is 12.5. The number of nitrogens with zero attached hydrogens (tertiary/aromatic N) is 1. The molecular formula is C20H19N3O3. The van der Waals surface area contributed by atoms with E-state index in [-0.39, 0.29) is 17.7 Å². The second-order valence-corrected chi connectivity index (χ2v) is 6.43. The molecule has 1 aromatic heterocycles. The second-order valence-electron chi connectivity index (χ2n) is 6.43. The molecule has 0 fully saturated rings. The Kier molecular flexibility index (Phi) is 4.08.